The third kappa shape index (κ3) is 2.51. The molecule has 2 aliphatic heterocycles. The fourth-order valence-corrected chi connectivity index (χ4v) is 3.67. The van der Waals surface area contributed by atoms with Gasteiger partial charge in [-0.3, -0.25) is 18.7 Å². The lowest BCUT2D eigenvalue weighted by molar-refractivity contribution is -0.127. The van der Waals surface area contributed by atoms with Crippen molar-refractivity contribution in [1.82, 2.24) is 14.0 Å². The number of hydrogen-bond donors (Lipinski definition) is 0. The highest BCUT2D eigenvalue weighted by molar-refractivity contribution is 8.14. The van der Waals surface area contributed by atoms with Gasteiger partial charge >= 0.3 is 5.69 Å². The van der Waals surface area contributed by atoms with Crippen LogP contribution >= 0.6 is 11.8 Å². The van der Waals surface area contributed by atoms with E-state index in [4.69, 9.17) is 0 Å². The van der Waals surface area contributed by atoms with E-state index in [-0.39, 0.29) is 17.2 Å². The van der Waals surface area contributed by atoms with Crippen molar-refractivity contribution in [2.24, 2.45) is 19.1 Å². The Hall–Kier alpha value is -1.83. The van der Waals surface area contributed by atoms with Crippen molar-refractivity contribution >= 4 is 28.5 Å². The summed E-state index contributed by atoms with van der Waals surface area (Å²) in [4.78, 5) is 42.3. The topological polar surface area (TPSA) is 76.7 Å². The molecule has 3 rings (SSSR count). The van der Waals surface area contributed by atoms with Crippen LogP contribution in [0.25, 0.3) is 0 Å². The molecule has 0 saturated carbocycles. The number of nitrogens with zero attached hydrogens (tertiary/aromatic N) is 4. The summed E-state index contributed by atoms with van der Waals surface area (Å²) < 4.78 is 2.48. The third-order valence-corrected chi connectivity index (χ3v) is 5.06. The maximum absolute atomic E-state index is 12.1. The van der Waals surface area contributed by atoms with Crippen molar-refractivity contribution in [2.45, 2.75) is 19.3 Å². The van der Waals surface area contributed by atoms with E-state index in [0.717, 1.165) is 35.5 Å². The Morgan fingerprint density at radius 2 is 1.86 bits per heavy atom. The minimum absolute atomic E-state index is 0.114. The number of aromatic nitrogens is 2. The normalized spacial score (nSPS) is 16.8. The van der Waals surface area contributed by atoms with Crippen LogP contribution in [0.4, 0.5) is 5.82 Å². The molecule has 0 spiro atoms. The van der Waals surface area contributed by atoms with Crippen LogP contribution in [-0.4, -0.2) is 43.8 Å². The van der Waals surface area contributed by atoms with Crippen molar-refractivity contribution < 1.29 is 4.79 Å². The Morgan fingerprint density at radius 1 is 1.18 bits per heavy atom. The summed E-state index contributed by atoms with van der Waals surface area (Å²) >= 11 is 1.36. The smallest absolute Gasteiger partial charge is 0.332 e. The van der Waals surface area contributed by atoms with E-state index < -0.39 is 0 Å². The summed E-state index contributed by atoms with van der Waals surface area (Å²) in [6.07, 6.45) is 2.54. The van der Waals surface area contributed by atoms with Gasteiger partial charge in [0.15, 0.2) is 0 Å². The van der Waals surface area contributed by atoms with Crippen molar-refractivity contribution in [1.29, 1.82) is 0 Å². The lowest BCUT2D eigenvalue weighted by Gasteiger charge is -2.14. The molecule has 2 aliphatic rings. The van der Waals surface area contributed by atoms with E-state index >= 15 is 0 Å². The number of likely N-dealkylation sites (tertiary alicyclic amines) is 1. The van der Waals surface area contributed by atoms with Crippen LogP contribution in [-0.2, 0) is 25.3 Å². The van der Waals surface area contributed by atoms with Crippen LogP contribution in [0.2, 0.25) is 0 Å². The van der Waals surface area contributed by atoms with Gasteiger partial charge in [-0.2, -0.15) is 0 Å². The maximum Gasteiger partial charge on any atom is 0.332 e. The predicted molar refractivity (Wildman–Crippen MR) is 86.0 cm³/mol. The molecule has 1 aromatic heterocycles. The summed E-state index contributed by atoms with van der Waals surface area (Å²) in [6.45, 7) is 1.67. The molecular formula is C14H18N4O3S. The number of hydrogen-bond acceptors (Lipinski definition) is 5. The molecule has 1 saturated heterocycles. The number of carbonyl (C=O) groups excluding carboxylic acids is 1. The van der Waals surface area contributed by atoms with Crippen LogP contribution in [0.5, 0.6) is 0 Å². The van der Waals surface area contributed by atoms with Crippen LogP contribution in [0.1, 0.15) is 18.4 Å². The molecule has 3 heterocycles. The first-order valence-electron chi connectivity index (χ1n) is 7.26. The van der Waals surface area contributed by atoms with E-state index in [1.165, 1.54) is 23.4 Å². The van der Waals surface area contributed by atoms with E-state index in [1.54, 1.807) is 7.05 Å². The lowest BCUT2D eigenvalue weighted by atomic mass is 10.2. The Kier molecular flexibility index (Phi) is 3.94. The second-order valence-electron chi connectivity index (χ2n) is 5.57. The minimum Gasteiger partial charge on any atom is -0.342 e. The summed E-state index contributed by atoms with van der Waals surface area (Å²) in [5, 5.41) is 0.723. The summed E-state index contributed by atoms with van der Waals surface area (Å²) in [5.74, 6) is 0.869. The molecule has 1 aromatic rings. The van der Waals surface area contributed by atoms with E-state index in [0.29, 0.717) is 23.6 Å². The average molecular weight is 322 g/mol. The molecule has 1 amide bonds. The van der Waals surface area contributed by atoms with Gasteiger partial charge in [0, 0.05) is 33.6 Å². The molecule has 0 N–H and O–H groups in total. The number of rotatable bonds is 2. The number of carbonyl (C=O) groups is 1. The lowest BCUT2D eigenvalue weighted by Crippen LogP contribution is -2.38. The van der Waals surface area contributed by atoms with Gasteiger partial charge in [-0.1, -0.05) is 0 Å². The molecule has 8 heteroatoms. The highest BCUT2D eigenvalue weighted by Crippen LogP contribution is 2.26. The van der Waals surface area contributed by atoms with Gasteiger partial charge in [0.05, 0.1) is 16.4 Å². The second-order valence-corrected chi connectivity index (χ2v) is 6.62. The van der Waals surface area contributed by atoms with E-state index in [2.05, 4.69) is 4.99 Å². The van der Waals surface area contributed by atoms with E-state index in [9.17, 15) is 14.4 Å². The largest absolute Gasteiger partial charge is 0.342 e. The zero-order valence-electron chi connectivity index (χ0n) is 12.7. The van der Waals surface area contributed by atoms with Gasteiger partial charge in [0.1, 0.15) is 5.82 Å². The van der Waals surface area contributed by atoms with Gasteiger partial charge in [0.2, 0.25) is 5.91 Å². The van der Waals surface area contributed by atoms with Crippen LogP contribution in [0.15, 0.2) is 14.6 Å². The SMILES string of the molecule is Cn1c2c(c(=O)n(C)c1=O)CC(SCC(=O)N1CCCC1)=N2. The van der Waals surface area contributed by atoms with E-state index in [1.807, 2.05) is 4.90 Å². The first kappa shape index (κ1) is 15.1. The maximum atomic E-state index is 12.1. The molecule has 0 aromatic carbocycles. The fourth-order valence-electron chi connectivity index (χ4n) is 2.80. The van der Waals surface area contributed by atoms with Gasteiger partial charge in [-0.25, -0.2) is 9.79 Å². The van der Waals surface area contributed by atoms with Gasteiger partial charge in [-0.15, -0.1) is 11.8 Å². The molecule has 0 radical (unpaired) electrons. The van der Waals surface area contributed by atoms with Crippen molar-refractivity contribution in [3.63, 3.8) is 0 Å². The second kappa shape index (κ2) is 5.75. The van der Waals surface area contributed by atoms with Gasteiger partial charge < -0.3 is 4.90 Å². The zero-order chi connectivity index (χ0) is 15.9. The first-order chi connectivity index (χ1) is 10.5. The number of amides is 1. The molecule has 1 fully saturated rings. The standard InChI is InChI=1S/C14H18N4O3S/c1-16-12-9(13(20)17(2)14(16)21)7-10(15-12)22-8-11(19)18-5-3-4-6-18/h3-8H2,1-2H3. The summed E-state index contributed by atoms with van der Waals surface area (Å²) in [6, 6.07) is 0. The van der Waals surface area contributed by atoms with Crippen molar-refractivity contribution in [3.05, 3.63) is 26.4 Å². The molecule has 0 unspecified atom stereocenters. The molecule has 118 valence electrons. The van der Waals surface area contributed by atoms with Crippen molar-refractivity contribution in [3.8, 4) is 0 Å². The van der Waals surface area contributed by atoms with Crippen LogP contribution in [0, 0.1) is 0 Å². The highest BCUT2D eigenvalue weighted by atomic mass is 32.2. The Morgan fingerprint density at radius 3 is 2.55 bits per heavy atom. The molecule has 7 nitrogen and oxygen atoms in total. The third-order valence-electron chi connectivity index (χ3n) is 4.10. The molecule has 0 atom stereocenters. The van der Waals surface area contributed by atoms with Gasteiger partial charge in [0.25, 0.3) is 5.56 Å². The first-order valence-corrected chi connectivity index (χ1v) is 8.24. The highest BCUT2D eigenvalue weighted by Gasteiger charge is 2.25. The zero-order valence-corrected chi connectivity index (χ0v) is 13.5. The molecule has 0 bridgehead atoms. The quantitative estimate of drug-likeness (QED) is 0.769. The summed E-state index contributed by atoms with van der Waals surface area (Å²) in [7, 11) is 3.07. The molecule has 0 aliphatic carbocycles. The predicted octanol–water partition coefficient (Wildman–Crippen LogP) is 0.0257. The van der Waals surface area contributed by atoms with Gasteiger partial charge in [-0.05, 0) is 12.8 Å². The molecule has 22 heavy (non-hydrogen) atoms. The Balaban J connectivity index is 1.74. The average Bonchev–Trinajstić information content (AvgIpc) is 3.17. The number of aliphatic imine (C=N–C) groups is 1. The Bertz CT molecular complexity index is 772. The Labute approximate surface area is 131 Å². The van der Waals surface area contributed by atoms with Crippen LogP contribution in [0.3, 0.4) is 0 Å². The van der Waals surface area contributed by atoms with Crippen LogP contribution < -0.4 is 11.2 Å². The summed E-state index contributed by atoms with van der Waals surface area (Å²) in [5.41, 5.74) is -0.157. The number of fused-ring (bicyclic) bond motifs is 1. The monoisotopic (exact) mass is 322 g/mol. The van der Waals surface area contributed by atoms with Crippen molar-refractivity contribution in [2.75, 3.05) is 18.8 Å². The minimum atomic E-state index is -0.383. The molecular weight excluding hydrogens is 304 g/mol. The fraction of sp³-hybridized carbons (Fsp3) is 0.571. The number of thioether (sulfide) groups is 1.